The van der Waals surface area contributed by atoms with Gasteiger partial charge in [0.1, 0.15) is 0 Å². The number of likely N-dealkylation sites (N-methyl/N-ethyl adjacent to an activating group) is 1. The van der Waals surface area contributed by atoms with Crippen LogP contribution in [0.3, 0.4) is 0 Å². The van der Waals surface area contributed by atoms with Crippen molar-refractivity contribution in [3.63, 3.8) is 0 Å². The topological polar surface area (TPSA) is 32.8 Å². The minimum Gasteiger partial charge on any atom is -0.462 e. The number of carbonyl (C=O) groups is 1. The number of anilines is 1. The molecule has 1 aliphatic heterocycles. The van der Waals surface area contributed by atoms with Crippen molar-refractivity contribution in [2.45, 2.75) is 6.92 Å². The Labute approximate surface area is 143 Å². The van der Waals surface area contributed by atoms with E-state index in [4.69, 9.17) is 4.74 Å². The van der Waals surface area contributed by atoms with Crippen LogP contribution in [0, 0.1) is 0 Å². The zero-order valence-electron chi connectivity index (χ0n) is 14.4. The smallest absolute Gasteiger partial charge is 0.338 e. The molecule has 2 aromatic carbocycles. The first-order chi connectivity index (χ1) is 11.7. The van der Waals surface area contributed by atoms with Crippen molar-refractivity contribution < 1.29 is 9.53 Å². The molecule has 3 rings (SSSR count). The predicted octanol–water partition coefficient (Wildman–Crippen LogP) is 3.28. The van der Waals surface area contributed by atoms with E-state index in [0.29, 0.717) is 12.2 Å². The maximum atomic E-state index is 12.1. The van der Waals surface area contributed by atoms with Gasteiger partial charge in [-0.05, 0) is 31.7 Å². The van der Waals surface area contributed by atoms with Crippen LogP contribution in [-0.4, -0.2) is 50.7 Å². The van der Waals surface area contributed by atoms with E-state index in [-0.39, 0.29) is 5.97 Å². The van der Waals surface area contributed by atoms with E-state index < -0.39 is 0 Å². The summed E-state index contributed by atoms with van der Waals surface area (Å²) in [7, 11) is 2.14. The molecule has 0 aliphatic carbocycles. The third-order valence-corrected chi connectivity index (χ3v) is 4.44. The van der Waals surface area contributed by atoms with Crippen molar-refractivity contribution in [3.8, 4) is 11.1 Å². The van der Waals surface area contributed by atoms with E-state index >= 15 is 0 Å². The fourth-order valence-corrected chi connectivity index (χ4v) is 3.04. The van der Waals surface area contributed by atoms with Gasteiger partial charge in [-0.1, -0.05) is 36.4 Å². The Hall–Kier alpha value is -2.33. The summed E-state index contributed by atoms with van der Waals surface area (Å²) in [5.74, 6) is -0.257. The third-order valence-electron chi connectivity index (χ3n) is 4.44. The average molecular weight is 324 g/mol. The van der Waals surface area contributed by atoms with Gasteiger partial charge in [-0.2, -0.15) is 0 Å². The Kier molecular flexibility index (Phi) is 5.16. The van der Waals surface area contributed by atoms with Gasteiger partial charge in [-0.25, -0.2) is 4.79 Å². The molecule has 2 aromatic rings. The van der Waals surface area contributed by atoms with Crippen LogP contribution in [0.15, 0.2) is 48.5 Å². The van der Waals surface area contributed by atoms with Crippen molar-refractivity contribution in [1.29, 1.82) is 0 Å². The molecule has 0 atom stereocenters. The molecule has 0 bridgehead atoms. The second-order valence-electron chi connectivity index (χ2n) is 6.11. The maximum absolute atomic E-state index is 12.1. The van der Waals surface area contributed by atoms with Crippen LogP contribution >= 0.6 is 0 Å². The Morgan fingerprint density at radius 2 is 1.75 bits per heavy atom. The summed E-state index contributed by atoms with van der Waals surface area (Å²) in [5.41, 5.74) is 4.06. The Balaban J connectivity index is 2.00. The first kappa shape index (κ1) is 16.5. The highest BCUT2D eigenvalue weighted by Gasteiger charge is 2.19. The van der Waals surface area contributed by atoms with E-state index in [9.17, 15) is 4.79 Å². The molecule has 4 nitrogen and oxygen atoms in total. The molecule has 126 valence electrons. The van der Waals surface area contributed by atoms with Crippen molar-refractivity contribution in [2.75, 3.05) is 44.7 Å². The highest BCUT2D eigenvalue weighted by Crippen LogP contribution is 2.32. The van der Waals surface area contributed by atoms with Gasteiger partial charge in [0.05, 0.1) is 12.2 Å². The number of hydrogen-bond donors (Lipinski definition) is 0. The lowest BCUT2D eigenvalue weighted by molar-refractivity contribution is 0.0526. The van der Waals surface area contributed by atoms with E-state index in [1.807, 2.05) is 43.3 Å². The van der Waals surface area contributed by atoms with Gasteiger partial charge in [-0.3, -0.25) is 0 Å². The van der Waals surface area contributed by atoms with Gasteiger partial charge in [0.25, 0.3) is 0 Å². The lowest BCUT2D eigenvalue weighted by Crippen LogP contribution is -2.44. The summed E-state index contributed by atoms with van der Waals surface area (Å²) in [6.07, 6.45) is 0. The third kappa shape index (κ3) is 3.60. The molecule has 1 aliphatic rings. The van der Waals surface area contributed by atoms with Crippen molar-refractivity contribution in [2.24, 2.45) is 0 Å². The number of piperazine rings is 1. The van der Waals surface area contributed by atoms with Crippen LogP contribution < -0.4 is 4.90 Å². The van der Waals surface area contributed by atoms with Gasteiger partial charge in [0.15, 0.2) is 0 Å². The predicted molar refractivity (Wildman–Crippen MR) is 97.5 cm³/mol. The summed E-state index contributed by atoms with van der Waals surface area (Å²) >= 11 is 0. The maximum Gasteiger partial charge on any atom is 0.338 e. The summed E-state index contributed by atoms with van der Waals surface area (Å²) in [4.78, 5) is 16.8. The van der Waals surface area contributed by atoms with E-state index in [0.717, 1.165) is 37.4 Å². The fraction of sp³-hybridized carbons (Fsp3) is 0.350. The number of ether oxygens (including phenoxy) is 1. The lowest BCUT2D eigenvalue weighted by Gasteiger charge is -2.35. The fourth-order valence-electron chi connectivity index (χ4n) is 3.04. The van der Waals surface area contributed by atoms with Crippen LogP contribution in [0.4, 0.5) is 5.69 Å². The molecule has 0 unspecified atom stereocenters. The Morgan fingerprint density at radius 1 is 1.04 bits per heavy atom. The molecule has 0 radical (unpaired) electrons. The van der Waals surface area contributed by atoms with E-state index in [1.165, 1.54) is 5.56 Å². The number of carbonyl (C=O) groups excluding carboxylic acids is 1. The molecule has 1 heterocycles. The Bertz CT molecular complexity index is 692. The largest absolute Gasteiger partial charge is 0.462 e. The van der Waals surface area contributed by atoms with Crippen LogP contribution in [0.5, 0.6) is 0 Å². The zero-order chi connectivity index (χ0) is 16.9. The van der Waals surface area contributed by atoms with Crippen molar-refractivity contribution in [3.05, 3.63) is 54.1 Å². The summed E-state index contributed by atoms with van der Waals surface area (Å²) in [6.45, 7) is 6.20. The summed E-state index contributed by atoms with van der Waals surface area (Å²) in [6, 6.07) is 16.2. The van der Waals surface area contributed by atoms with Gasteiger partial charge < -0.3 is 14.5 Å². The van der Waals surface area contributed by atoms with Crippen LogP contribution in [-0.2, 0) is 4.74 Å². The number of benzene rings is 2. The quantitative estimate of drug-likeness (QED) is 0.808. The van der Waals surface area contributed by atoms with E-state index in [1.54, 1.807) is 0 Å². The standard InChI is InChI=1S/C20H24N2O2/c1-3-24-20(23)17-9-10-18(16-7-5-4-6-8-16)19(15-17)22-13-11-21(2)12-14-22/h4-10,15H,3,11-14H2,1-2H3. The minimum absolute atomic E-state index is 0.257. The minimum atomic E-state index is -0.257. The first-order valence-corrected chi connectivity index (χ1v) is 8.49. The molecular weight excluding hydrogens is 300 g/mol. The van der Waals surface area contributed by atoms with Crippen molar-refractivity contribution in [1.82, 2.24) is 4.90 Å². The van der Waals surface area contributed by atoms with Gasteiger partial charge in [0, 0.05) is 37.4 Å². The first-order valence-electron chi connectivity index (χ1n) is 8.49. The summed E-state index contributed by atoms with van der Waals surface area (Å²) in [5, 5.41) is 0. The van der Waals surface area contributed by atoms with Crippen LogP contribution in [0.1, 0.15) is 17.3 Å². The highest BCUT2D eigenvalue weighted by atomic mass is 16.5. The zero-order valence-corrected chi connectivity index (χ0v) is 14.4. The molecule has 0 N–H and O–H groups in total. The van der Waals surface area contributed by atoms with Crippen LogP contribution in [0.2, 0.25) is 0 Å². The number of nitrogens with zero attached hydrogens (tertiary/aromatic N) is 2. The lowest BCUT2D eigenvalue weighted by atomic mass is 10.00. The molecule has 4 heteroatoms. The van der Waals surface area contributed by atoms with E-state index in [2.05, 4.69) is 29.0 Å². The van der Waals surface area contributed by atoms with Gasteiger partial charge >= 0.3 is 5.97 Å². The van der Waals surface area contributed by atoms with Crippen LogP contribution in [0.25, 0.3) is 11.1 Å². The summed E-state index contributed by atoms with van der Waals surface area (Å²) < 4.78 is 5.17. The number of esters is 1. The Morgan fingerprint density at radius 3 is 2.42 bits per heavy atom. The SMILES string of the molecule is CCOC(=O)c1ccc(-c2ccccc2)c(N2CCN(C)CC2)c1. The second kappa shape index (κ2) is 7.49. The molecule has 0 saturated carbocycles. The average Bonchev–Trinajstić information content (AvgIpc) is 2.63. The molecule has 0 spiro atoms. The molecule has 1 saturated heterocycles. The molecule has 0 aromatic heterocycles. The van der Waals surface area contributed by atoms with Gasteiger partial charge in [-0.15, -0.1) is 0 Å². The molecule has 1 fully saturated rings. The number of hydrogen-bond acceptors (Lipinski definition) is 4. The molecule has 24 heavy (non-hydrogen) atoms. The highest BCUT2D eigenvalue weighted by molar-refractivity contribution is 5.93. The van der Waals surface area contributed by atoms with Gasteiger partial charge in [0.2, 0.25) is 0 Å². The number of rotatable bonds is 4. The van der Waals surface area contributed by atoms with Crippen molar-refractivity contribution >= 4 is 11.7 Å². The molecule has 0 amide bonds. The second-order valence-corrected chi connectivity index (χ2v) is 6.11. The molecular formula is C20H24N2O2. The normalized spacial score (nSPS) is 15.3. The monoisotopic (exact) mass is 324 g/mol.